The highest BCUT2D eigenvalue weighted by Crippen LogP contribution is 2.36. The molecule has 1 unspecified atom stereocenters. The molecule has 7 nitrogen and oxygen atoms in total. The molecular formula is C22H18F4N5O2S2. The van der Waals surface area contributed by atoms with Gasteiger partial charge in [-0.2, -0.15) is 13.2 Å². The van der Waals surface area contributed by atoms with Gasteiger partial charge in [-0.25, -0.2) is 22.8 Å². The van der Waals surface area contributed by atoms with E-state index in [9.17, 15) is 26.0 Å². The highest BCUT2D eigenvalue weighted by atomic mass is 32.2. The summed E-state index contributed by atoms with van der Waals surface area (Å²) in [5, 5.41) is 3.24. The van der Waals surface area contributed by atoms with Crippen LogP contribution in [0.4, 0.5) is 34.2 Å². The van der Waals surface area contributed by atoms with Gasteiger partial charge in [-0.15, -0.1) is 0 Å². The summed E-state index contributed by atoms with van der Waals surface area (Å²) in [5.41, 5.74) is 5.99. The van der Waals surface area contributed by atoms with E-state index < -0.39 is 33.8 Å². The lowest BCUT2D eigenvalue weighted by Crippen LogP contribution is -2.14. The van der Waals surface area contributed by atoms with Crippen LogP contribution in [0, 0.1) is 11.9 Å². The average molecular weight is 525 g/mol. The van der Waals surface area contributed by atoms with Crippen molar-refractivity contribution in [3.8, 4) is 11.1 Å². The maximum atomic E-state index is 14.5. The number of nitrogens with one attached hydrogen (secondary N) is 2. The Morgan fingerprint density at radius 1 is 1.11 bits per heavy atom. The van der Waals surface area contributed by atoms with Crippen LogP contribution in [0.5, 0.6) is 0 Å². The van der Waals surface area contributed by atoms with Gasteiger partial charge >= 0.3 is 6.18 Å². The zero-order valence-corrected chi connectivity index (χ0v) is 19.9. The minimum atomic E-state index is -4.68. The van der Waals surface area contributed by atoms with E-state index in [1.54, 1.807) is 19.1 Å². The van der Waals surface area contributed by atoms with E-state index in [1.807, 2.05) is 0 Å². The third kappa shape index (κ3) is 5.62. The number of pyridine rings is 1. The molecule has 1 atom stereocenters. The summed E-state index contributed by atoms with van der Waals surface area (Å²) >= 11 is 1.26. The monoisotopic (exact) mass is 524 g/mol. The molecule has 0 amide bonds. The van der Waals surface area contributed by atoms with Gasteiger partial charge in [0.15, 0.2) is 5.13 Å². The van der Waals surface area contributed by atoms with Crippen molar-refractivity contribution >= 4 is 48.2 Å². The second-order valence-corrected chi connectivity index (χ2v) is 10.5. The molecule has 1 radical (unpaired) electrons. The Labute approximate surface area is 202 Å². The van der Waals surface area contributed by atoms with Crippen LogP contribution < -0.4 is 15.8 Å². The van der Waals surface area contributed by atoms with Crippen LogP contribution in [0.15, 0.2) is 42.5 Å². The van der Waals surface area contributed by atoms with Crippen molar-refractivity contribution in [3.05, 3.63) is 65.6 Å². The van der Waals surface area contributed by atoms with Crippen molar-refractivity contribution in [2.75, 3.05) is 22.0 Å². The summed E-state index contributed by atoms with van der Waals surface area (Å²) in [6.07, 6.45) is -3.79. The summed E-state index contributed by atoms with van der Waals surface area (Å²) < 4.78 is 80.2. The van der Waals surface area contributed by atoms with Gasteiger partial charge < -0.3 is 11.1 Å². The molecule has 2 aromatic heterocycles. The molecule has 0 aliphatic carbocycles. The molecule has 4 aromatic rings. The molecule has 0 aliphatic heterocycles. The number of nitrogen functional groups attached to an aromatic ring is 1. The minimum absolute atomic E-state index is 0.0927. The zero-order chi connectivity index (χ0) is 25.5. The lowest BCUT2D eigenvalue weighted by Gasteiger charge is -2.20. The van der Waals surface area contributed by atoms with E-state index >= 15 is 0 Å². The molecule has 13 heteroatoms. The number of thiazole rings is 1. The van der Waals surface area contributed by atoms with Crippen molar-refractivity contribution in [3.63, 3.8) is 0 Å². The number of nitrogens with two attached hydrogens (primary N) is 1. The van der Waals surface area contributed by atoms with Crippen LogP contribution in [-0.2, 0) is 16.2 Å². The van der Waals surface area contributed by atoms with Gasteiger partial charge in [0.25, 0.3) is 0 Å². The maximum Gasteiger partial charge on any atom is 0.433 e. The summed E-state index contributed by atoms with van der Waals surface area (Å²) in [6, 6.07) is 11.7. The largest absolute Gasteiger partial charge is 0.433 e. The molecule has 0 bridgehead atoms. The second kappa shape index (κ2) is 8.96. The highest BCUT2D eigenvalue weighted by Gasteiger charge is 2.33. The normalized spacial score (nSPS) is 13.1. The van der Waals surface area contributed by atoms with E-state index in [-0.39, 0.29) is 11.5 Å². The van der Waals surface area contributed by atoms with Crippen molar-refractivity contribution in [1.82, 2.24) is 9.97 Å². The minimum Gasteiger partial charge on any atom is -0.375 e. The van der Waals surface area contributed by atoms with Crippen LogP contribution in [-0.4, -0.2) is 24.6 Å². The van der Waals surface area contributed by atoms with E-state index in [1.165, 1.54) is 29.5 Å². The maximum absolute atomic E-state index is 14.5. The van der Waals surface area contributed by atoms with E-state index in [0.717, 1.165) is 23.1 Å². The molecule has 183 valence electrons. The molecule has 35 heavy (non-hydrogen) atoms. The predicted octanol–water partition coefficient (Wildman–Crippen LogP) is 5.44. The molecule has 2 aromatic carbocycles. The number of fused-ring (bicyclic) bond motifs is 1. The first kappa shape index (κ1) is 24.7. The molecule has 4 rings (SSSR count). The van der Waals surface area contributed by atoms with Crippen molar-refractivity contribution < 1.29 is 26.0 Å². The zero-order valence-electron chi connectivity index (χ0n) is 18.2. The number of benzene rings is 2. The standard InChI is InChI=1S/C22H18F4N5O2S2/c1-11(12-3-6-16(15(23)9-12)31-35(2,32)33)28-20-14(5-8-19(30-20)22(24,25)26)13-4-7-18-17(10-13)29-21(27)34-18/h3-9,11,31H,1-2H3,(H2,27,29)(H,28,30). The Morgan fingerprint density at radius 3 is 2.51 bits per heavy atom. The number of halogens is 4. The van der Waals surface area contributed by atoms with E-state index in [2.05, 4.69) is 26.1 Å². The fourth-order valence-electron chi connectivity index (χ4n) is 3.35. The van der Waals surface area contributed by atoms with Crippen molar-refractivity contribution in [2.45, 2.75) is 19.1 Å². The van der Waals surface area contributed by atoms with Gasteiger partial charge in [-0.3, -0.25) is 4.72 Å². The molecule has 0 spiro atoms. The first-order chi connectivity index (χ1) is 16.3. The Hall–Kier alpha value is -3.45. The third-order valence-electron chi connectivity index (χ3n) is 4.94. The van der Waals surface area contributed by atoms with Gasteiger partial charge in [-0.05, 0) is 48.4 Å². The van der Waals surface area contributed by atoms with Crippen LogP contribution in [0.1, 0.15) is 24.2 Å². The summed E-state index contributed by atoms with van der Waals surface area (Å²) in [6.45, 7) is 1.61. The molecular weight excluding hydrogens is 506 g/mol. The molecule has 2 heterocycles. The first-order valence-electron chi connectivity index (χ1n) is 10.0. The molecule has 0 aliphatic rings. The lowest BCUT2D eigenvalue weighted by atomic mass is 10.0. The van der Waals surface area contributed by atoms with Gasteiger partial charge in [0, 0.05) is 11.6 Å². The number of anilines is 3. The summed E-state index contributed by atoms with van der Waals surface area (Å²) in [5.74, 6) is -0.927. The number of rotatable bonds is 6. The molecule has 0 saturated heterocycles. The van der Waals surface area contributed by atoms with Gasteiger partial charge in [-0.1, -0.05) is 23.5 Å². The summed E-state index contributed by atoms with van der Waals surface area (Å²) in [7, 11) is -3.69. The smallest absolute Gasteiger partial charge is 0.375 e. The Morgan fingerprint density at radius 2 is 1.86 bits per heavy atom. The fraction of sp³-hybridized carbons (Fsp3) is 0.182. The van der Waals surface area contributed by atoms with Crippen LogP contribution in [0.3, 0.4) is 0 Å². The number of aromatic nitrogens is 2. The number of hydrogen-bond acceptors (Lipinski definition) is 7. The number of alkyl halides is 3. The van der Waals surface area contributed by atoms with E-state index in [0.29, 0.717) is 27.3 Å². The predicted molar refractivity (Wildman–Crippen MR) is 128 cm³/mol. The van der Waals surface area contributed by atoms with Gasteiger partial charge in [0.05, 0.1) is 28.2 Å². The van der Waals surface area contributed by atoms with Gasteiger partial charge in [0.2, 0.25) is 10.0 Å². The highest BCUT2D eigenvalue weighted by molar-refractivity contribution is 7.92. The Kier molecular flexibility index (Phi) is 6.32. The molecule has 0 saturated carbocycles. The fourth-order valence-corrected chi connectivity index (χ4v) is 4.61. The molecule has 0 fully saturated rings. The van der Waals surface area contributed by atoms with E-state index in [4.69, 9.17) is 5.73 Å². The number of sulfonamides is 1. The van der Waals surface area contributed by atoms with Crippen LogP contribution in [0.25, 0.3) is 21.3 Å². The van der Waals surface area contributed by atoms with Crippen LogP contribution >= 0.6 is 11.3 Å². The number of nitrogens with zero attached hydrogens (tertiary/aromatic N) is 2. The second-order valence-electron chi connectivity index (χ2n) is 7.71. The van der Waals surface area contributed by atoms with Crippen molar-refractivity contribution in [1.29, 1.82) is 0 Å². The topological polar surface area (TPSA) is 110 Å². The first-order valence-corrected chi connectivity index (χ1v) is 12.7. The Balaban J connectivity index is 1.72. The lowest BCUT2D eigenvalue weighted by molar-refractivity contribution is -0.141. The van der Waals surface area contributed by atoms with Crippen molar-refractivity contribution in [2.24, 2.45) is 0 Å². The third-order valence-corrected chi connectivity index (χ3v) is 6.38. The number of hydrogen-bond donors (Lipinski definition) is 3. The average Bonchev–Trinajstić information content (AvgIpc) is 3.12. The van der Waals surface area contributed by atoms with Crippen LogP contribution in [0.2, 0.25) is 0 Å². The SMILES string of the molecule is CC(Nc1nc(C(F)(F)F)ccc1-c1[c]c2nc(N)sc2cc1)c1ccc(NS(C)(=O)=O)c(F)c1. The molecule has 4 N–H and O–H groups in total. The van der Waals surface area contributed by atoms with Gasteiger partial charge in [0.1, 0.15) is 17.3 Å². The summed E-state index contributed by atoms with van der Waals surface area (Å²) in [4.78, 5) is 7.94. The quantitative estimate of drug-likeness (QED) is 0.290. The Bertz CT molecular complexity index is 1520.